The van der Waals surface area contributed by atoms with Gasteiger partial charge in [-0.1, -0.05) is 65.2 Å². The van der Waals surface area contributed by atoms with Crippen LogP contribution in [-0.4, -0.2) is 120 Å². The van der Waals surface area contributed by atoms with E-state index in [1.165, 1.54) is 13.2 Å². The number of aliphatic hydroxyl groups excluding tert-OH is 2. The quantitative estimate of drug-likeness (QED) is 0.0750. The Hall–Kier alpha value is -3.18. The SMILES string of the molecule is C=CCOC(=O)C[C@H]1CC2C[C@H]3CCCC(C[C@@H](O)CC(=O)O[C@@H](CO)C[C@@H]4CC(=CC(=O)OC)[C@H](OC(=O)CCCCCCC)[C@@](O)(O4)C(C)(C)C=C[C@H](O2)O1)O3. The molecule has 10 atom stereocenters. The lowest BCUT2D eigenvalue weighted by molar-refractivity contribution is -0.327. The van der Waals surface area contributed by atoms with E-state index in [9.17, 15) is 34.5 Å². The molecule has 58 heavy (non-hydrogen) atoms. The van der Waals surface area contributed by atoms with Crippen molar-refractivity contribution < 1.29 is 72.4 Å². The molecule has 0 aliphatic carbocycles. The highest BCUT2D eigenvalue weighted by Crippen LogP contribution is 2.47. The van der Waals surface area contributed by atoms with Crippen LogP contribution in [0.5, 0.6) is 0 Å². The van der Waals surface area contributed by atoms with Crippen molar-refractivity contribution in [2.75, 3.05) is 20.3 Å². The van der Waals surface area contributed by atoms with E-state index in [0.717, 1.165) is 44.6 Å². The molecule has 0 aromatic heterocycles. The second-order valence-electron chi connectivity index (χ2n) is 16.5. The van der Waals surface area contributed by atoms with Crippen molar-refractivity contribution in [1.82, 2.24) is 0 Å². The van der Waals surface area contributed by atoms with Gasteiger partial charge in [-0.15, -0.1) is 0 Å². The summed E-state index contributed by atoms with van der Waals surface area (Å²) in [7, 11) is 1.20. The Balaban J connectivity index is 1.74. The van der Waals surface area contributed by atoms with Gasteiger partial charge in [0.2, 0.25) is 5.79 Å². The van der Waals surface area contributed by atoms with Gasteiger partial charge in [0.1, 0.15) is 12.7 Å². The number of unbranched alkanes of at least 4 members (excludes halogenated alkanes) is 4. The lowest BCUT2D eigenvalue weighted by atomic mass is 9.74. The normalized spacial score (nSPS) is 33.9. The Bertz CT molecular complexity index is 1430. The zero-order chi connectivity index (χ0) is 42.3. The summed E-state index contributed by atoms with van der Waals surface area (Å²) in [6.07, 6.45) is 5.95. The average Bonchev–Trinajstić information content (AvgIpc) is 3.16. The second kappa shape index (κ2) is 23.0. The van der Waals surface area contributed by atoms with Crippen LogP contribution in [0.3, 0.4) is 0 Å². The fourth-order valence-electron chi connectivity index (χ4n) is 8.08. The molecule has 15 nitrogen and oxygen atoms in total. The lowest BCUT2D eigenvalue weighted by Gasteiger charge is -2.51. The Labute approximate surface area is 342 Å². The molecule has 4 rings (SSSR count). The topological polar surface area (TPSA) is 203 Å². The van der Waals surface area contributed by atoms with Gasteiger partial charge in [-0.05, 0) is 43.8 Å². The molecule has 3 saturated heterocycles. The molecular formula is C43H66O15. The summed E-state index contributed by atoms with van der Waals surface area (Å²) in [5.74, 6) is -4.90. The zero-order valence-corrected chi connectivity index (χ0v) is 34.7. The minimum Gasteiger partial charge on any atom is -0.466 e. The number of cyclic esters (lactones) is 1. The van der Waals surface area contributed by atoms with E-state index in [4.69, 9.17) is 37.9 Å². The lowest BCUT2D eigenvalue weighted by Crippen LogP contribution is -2.62. The van der Waals surface area contributed by atoms with Gasteiger partial charge in [-0.3, -0.25) is 14.4 Å². The van der Waals surface area contributed by atoms with Gasteiger partial charge in [-0.2, -0.15) is 0 Å². The van der Waals surface area contributed by atoms with Crippen molar-refractivity contribution in [2.45, 2.75) is 184 Å². The predicted molar refractivity (Wildman–Crippen MR) is 209 cm³/mol. The third-order valence-corrected chi connectivity index (χ3v) is 11.2. The van der Waals surface area contributed by atoms with Crippen LogP contribution in [0, 0.1) is 5.41 Å². The van der Waals surface area contributed by atoms with Crippen LogP contribution in [-0.2, 0) is 57.1 Å². The smallest absolute Gasteiger partial charge is 0.330 e. The molecule has 2 unspecified atom stereocenters. The van der Waals surface area contributed by atoms with E-state index in [-0.39, 0.29) is 62.9 Å². The van der Waals surface area contributed by atoms with Gasteiger partial charge >= 0.3 is 23.9 Å². The Morgan fingerprint density at radius 1 is 0.931 bits per heavy atom. The van der Waals surface area contributed by atoms with E-state index in [0.29, 0.717) is 25.7 Å². The maximum atomic E-state index is 13.4. The van der Waals surface area contributed by atoms with Crippen molar-refractivity contribution in [3.63, 3.8) is 0 Å². The van der Waals surface area contributed by atoms with Crippen LogP contribution in [0.1, 0.15) is 124 Å². The first kappa shape index (κ1) is 47.5. The summed E-state index contributed by atoms with van der Waals surface area (Å²) in [5.41, 5.74) is -1.22. The highest BCUT2D eigenvalue weighted by Gasteiger charge is 2.57. The molecule has 6 bridgehead atoms. The van der Waals surface area contributed by atoms with Crippen LogP contribution in [0.15, 0.2) is 36.5 Å². The Morgan fingerprint density at radius 3 is 2.36 bits per heavy atom. The molecule has 4 aliphatic heterocycles. The van der Waals surface area contributed by atoms with Crippen molar-refractivity contribution in [2.24, 2.45) is 5.41 Å². The minimum absolute atomic E-state index is 0.0449. The van der Waals surface area contributed by atoms with E-state index >= 15 is 0 Å². The molecule has 0 spiro atoms. The van der Waals surface area contributed by atoms with Crippen LogP contribution in [0.4, 0.5) is 0 Å². The zero-order valence-electron chi connectivity index (χ0n) is 34.7. The summed E-state index contributed by atoms with van der Waals surface area (Å²) in [4.78, 5) is 52.0. The number of rotatable bonds is 13. The summed E-state index contributed by atoms with van der Waals surface area (Å²) < 4.78 is 47.3. The second-order valence-corrected chi connectivity index (χ2v) is 16.5. The molecule has 0 radical (unpaired) electrons. The van der Waals surface area contributed by atoms with E-state index < -0.39 is 84.6 Å². The first-order valence-corrected chi connectivity index (χ1v) is 21.0. The molecule has 3 fully saturated rings. The summed E-state index contributed by atoms with van der Waals surface area (Å²) in [6, 6.07) is 0. The number of carbonyl (C=O) groups is 4. The van der Waals surface area contributed by atoms with E-state index in [2.05, 4.69) is 13.5 Å². The average molecular weight is 823 g/mol. The Kier molecular flexibility index (Phi) is 18.8. The number of hydrogen-bond donors (Lipinski definition) is 3. The van der Waals surface area contributed by atoms with Crippen molar-refractivity contribution >= 4 is 23.9 Å². The highest BCUT2D eigenvalue weighted by atomic mass is 16.7. The third-order valence-electron chi connectivity index (χ3n) is 11.2. The van der Waals surface area contributed by atoms with Crippen molar-refractivity contribution in [1.29, 1.82) is 0 Å². The van der Waals surface area contributed by atoms with Gasteiger partial charge in [-0.25, -0.2) is 4.79 Å². The molecule has 15 heteroatoms. The number of ether oxygens (including phenoxy) is 8. The van der Waals surface area contributed by atoms with Gasteiger partial charge in [0.15, 0.2) is 12.4 Å². The number of fused-ring (bicyclic) bond motifs is 6. The molecule has 4 aliphatic rings. The highest BCUT2D eigenvalue weighted by molar-refractivity contribution is 5.83. The summed E-state index contributed by atoms with van der Waals surface area (Å²) in [6.45, 7) is 8.47. The van der Waals surface area contributed by atoms with E-state index in [1.54, 1.807) is 26.0 Å². The molecule has 3 N–H and O–H groups in total. The van der Waals surface area contributed by atoms with Crippen LogP contribution in [0.2, 0.25) is 0 Å². The molecule has 0 aromatic carbocycles. The number of hydrogen-bond acceptors (Lipinski definition) is 15. The number of methoxy groups -OCH3 is 1. The van der Waals surface area contributed by atoms with Gasteiger partial charge in [0.25, 0.3) is 0 Å². The first-order chi connectivity index (χ1) is 27.7. The number of esters is 4. The fraction of sp³-hybridized carbons (Fsp3) is 0.767. The minimum atomic E-state index is -2.35. The largest absolute Gasteiger partial charge is 0.466 e. The van der Waals surface area contributed by atoms with Gasteiger partial charge in [0, 0.05) is 43.6 Å². The standard InChI is InChI=1S/C43H66O15/c1-6-8-9-10-11-15-36(46)57-41-28(20-37(47)51-5)19-34-25-35(27-44)54-39(49)22-29(45)21-30-13-12-14-31(53-30)23-32-24-33(26-38(48)52-18-7-2)56-40(55-32)16-17-42(3,4)43(41,50)58-34/h7,16-17,20,29-35,40-41,44-45,50H,2,6,8-15,18-19,21-27H2,1,3-5H3/t29-,30?,31-,32?,33-,34+,35-,40-,41+,43-/m1/s1. The molecular weight excluding hydrogens is 756 g/mol. The summed E-state index contributed by atoms with van der Waals surface area (Å²) in [5, 5.41) is 34.0. The number of carbonyl (C=O) groups excluding carboxylic acids is 4. The third kappa shape index (κ3) is 14.2. The van der Waals surface area contributed by atoms with Crippen LogP contribution >= 0.6 is 0 Å². The maximum absolute atomic E-state index is 13.4. The number of aliphatic hydroxyl groups is 3. The molecule has 0 amide bonds. The molecule has 328 valence electrons. The monoisotopic (exact) mass is 822 g/mol. The predicted octanol–water partition coefficient (Wildman–Crippen LogP) is 4.81. The fourth-order valence-corrected chi connectivity index (χ4v) is 8.08. The van der Waals surface area contributed by atoms with E-state index in [1.807, 2.05) is 0 Å². The van der Waals surface area contributed by atoms with Gasteiger partial charge < -0.3 is 53.2 Å². The maximum Gasteiger partial charge on any atom is 0.330 e. The Morgan fingerprint density at radius 2 is 1.66 bits per heavy atom. The molecule has 0 aromatic rings. The molecule has 4 heterocycles. The van der Waals surface area contributed by atoms with Crippen molar-refractivity contribution in [3.8, 4) is 0 Å². The van der Waals surface area contributed by atoms with Crippen LogP contribution < -0.4 is 0 Å². The first-order valence-electron chi connectivity index (χ1n) is 21.0. The van der Waals surface area contributed by atoms with Crippen LogP contribution in [0.25, 0.3) is 0 Å². The van der Waals surface area contributed by atoms with Crippen molar-refractivity contribution in [3.05, 3.63) is 36.5 Å². The molecule has 0 saturated carbocycles. The summed E-state index contributed by atoms with van der Waals surface area (Å²) >= 11 is 0. The van der Waals surface area contributed by atoms with Gasteiger partial charge in [0.05, 0.1) is 63.2 Å².